The van der Waals surface area contributed by atoms with E-state index >= 15 is 0 Å². The van der Waals surface area contributed by atoms with Gasteiger partial charge in [0.25, 0.3) is 0 Å². The zero-order valence-corrected chi connectivity index (χ0v) is 20.2. The quantitative estimate of drug-likeness (QED) is 0.517. The highest BCUT2D eigenvalue weighted by atomic mass is 16.5. The molecule has 9 atom stereocenters. The van der Waals surface area contributed by atoms with Crippen molar-refractivity contribution >= 4 is 0 Å². The monoisotopic (exact) mass is 413 g/mol. The maximum atomic E-state index is 5.91. The van der Waals surface area contributed by atoms with Crippen LogP contribution in [0.15, 0.2) is 11.1 Å². The highest BCUT2D eigenvalue weighted by molar-refractivity contribution is 5.26. The molecule has 3 saturated carbocycles. The molecule has 0 radical (unpaired) electrons. The van der Waals surface area contributed by atoms with Gasteiger partial charge in [0.1, 0.15) is 0 Å². The van der Waals surface area contributed by atoms with Crippen LogP contribution in [0.2, 0.25) is 0 Å². The summed E-state index contributed by atoms with van der Waals surface area (Å²) in [4.78, 5) is 0. The van der Waals surface area contributed by atoms with E-state index in [4.69, 9.17) is 4.74 Å². The van der Waals surface area contributed by atoms with E-state index in [2.05, 4.69) is 26.1 Å². The highest BCUT2D eigenvalue weighted by Crippen LogP contribution is 2.64. The molecule has 2 nitrogen and oxygen atoms in total. The molecule has 0 aromatic heterocycles. The summed E-state index contributed by atoms with van der Waals surface area (Å²) in [6.45, 7) is 8.93. The fourth-order valence-electron chi connectivity index (χ4n) is 9.30. The van der Waals surface area contributed by atoms with Crippen LogP contribution in [-0.2, 0) is 4.74 Å². The Morgan fingerprint density at radius 2 is 1.87 bits per heavy atom. The molecule has 1 aliphatic heterocycles. The summed E-state index contributed by atoms with van der Waals surface area (Å²) in [7, 11) is 1.92. The lowest BCUT2D eigenvalue weighted by Crippen LogP contribution is -2.51. The van der Waals surface area contributed by atoms with Crippen molar-refractivity contribution < 1.29 is 4.74 Å². The van der Waals surface area contributed by atoms with Crippen LogP contribution in [0.3, 0.4) is 0 Å². The Morgan fingerprint density at radius 3 is 2.70 bits per heavy atom. The smallest absolute Gasteiger partial charge is 0.0727 e. The molecule has 5 rings (SSSR count). The van der Waals surface area contributed by atoms with E-state index in [0.717, 1.165) is 29.6 Å². The number of hydrogen-bond acceptors (Lipinski definition) is 2. The minimum Gasteiger partial charge on any atom is -0.380 e. The first-order chi connectivity index (χ1) is 14.5. The third kappa shape index (κ3) is 3.53. The topological polar surface area (TPSA) is 21.3 Å². The highest BCUT2D eigenvalue weighted by Gasteiger charge is 2.55. The van der Waals surface area contributed by atoms with Crippen molar-refractivity contribution in [1.29, 1.82) is 0 Å². The molecular weight excluding hydrogens is 366 g/mol. The van der Waals surface area contributed by atoms with Crippen LogP contribution in [0, 0.1) is 40.9 Å². The van der Waals surface area contributed by atoms with Gasteiger partial charge < -0.3 is 10.1 Å². The molecule has 30 heavy (non-hydrogen) atoms. The van der Waals surface area contributed by atoms with Crippen molar-refractivity contribution in [2.45, 2.75) is 110 Å². The standard InChI is InChI=1S/C28H47NO/c1-18-16-20(19(2)27-26(30-4)9-7-15-29-27)10-12-22-23-13-11-21-8-5-6-14-28(21,3)25(23)17-24(18)22/h19-23,25-27,29H,5-17H2,1-4H3. The molecule has 1 N–H and O–H groups in total. The fourth-order valence-corrected chi connectivity index (χ4v) is 9.30. The van der Waals surface area contributed by atoms with Gasteiger partial charge in [-0.15, -0.1) is 0 Å². The van der Waals surface area contributed by atoms with Gasteiger partial charge in [0, 0.05) is 13.2 Å². The van der Waals surface area contributed by atoms with E-state index in [1.54, 1.807) is 5.57 Å². The van der Waals surface area contributed by atoms with Crippen molar-refractivity contribution in [3.63, 3.8) is 0 Å². The third-order valence-electron chi connectivity index (χ3n) is 11.1. The van der Waals surface area contributed by atoms with E-state index < -0.39 is 0 Å². The van der Waals surface area contributed by atoms with Crippen LogP contribution < -0.4 is 5.32 Å². The summed E-state index contributed by atoms with van der Waals surface area (Å²) >= 11 is 0. The molecule has 2 heteroatoms. The molecule has 0 amide bonds. The molecule has 170 valence electrons. The van der Waals surface area contributed by atoms with E-state index in [0.29, 0.717) is 23.5 Å². The lowest BCUT2D eigenvalue weighted by atomic mass is 9.52. The van der Waals surface area contributed by atoms with Gasteiger partial charge in [-0.25, -0.2) is 0 Å². The van der Waals surface area contributed by atoms with Crippen LogP contribution in [0.25, 0.3) is 0 Å². The number of nitrogens with one attached hydrogen (secondary N) is 1. The lowest BCUT2D eigenvalue weighted by molar-refractivity contribution is -0.0308. The molecule has 4 aliphatic carbocycles. The number of methoxy groups -OCH3 is 1. The Balaban J connectivity index is 1.34. The molecule has 5 aliphatic rings. The summed E-state index contributed by atoms with van der Waals surface area (Å²) in [6.07, 6.45) is 17.7. The summed E-state index contributed by atoms with van der Waals surface area (Å²) in [5.74, 6) is 5.50. The van der Waals surface area contributed by atoms with Crippen LogP contribution in [0.1, 0.15) is 97.8 Å². The van der Waals surface area contributed by atoms with Crippen molar-refractivity contribution in [1.82, 2.24) is 5.32 Å². The molecule has 1 heterocycles. The van der Waals surface area contributed by atoms with Crippen molar-refractivity contribution in [2.75, 3.05) is 13.7 Å². The Hall–Kier alpha value is -0.340. The number of hydrogen-bond donors (Lipinski definition) is 1. The molecular formula is C28H47NO. The second-order valence-electron chi connectivity index (χ2n) is 12.2. The van der Waals surface area contributed by atoms with Crippen LogP contribution in [0.4, 0.5) is 0 Å². The predicted molar refractivity (Wildman–Crippen MR) is 125 cm³/mol. The summed E-state index contributed by atoms with van der Waals surface area (Å²) < 4.78 is 5.91. The minimum absolute atomic E-state index is 0.412. The van der Waals surface area contributed by atoms with Gasteiger partial charge in [-0.1, -0.05) is 37.8 Å². The van der Waals surface area contributed by atoms with Gasteiger partial charge in [0.2, 0.25) is 0 Å². The van der Waals surface area contributed by atoms with Crippen molar-refractivity contribution in [3.8, 4) is 0 Å². The molecule has 4 fully saturated rings. The molecule has 0 bridgehead atoms. The Labute approximate surface area is 186 Å². The SMILES string of the molecule is COC1CCCNC1C(C)C1CCC2C(=C(C)C1)CC1C2CCC2CCCCC21C. The zero-order valence-electron chi connectivity index (χ0n) is 20.2. The zero-order chi connectivity index (χ0) is 20.9. The van der Waals surface area contributed by atoms with Gasteiger partial charge in [-0.3, -0.25) is 0 Å². The van der Waals surface area contributed by atoms with Gasteiger partial charge in [0.05, 0.1) is 6.10 Å². The molecule has 9 unspecified atom stereocenters. The first kappa shape index (κ1) is 21.5. The van der Waals surface area contributed by atoms with Gasteiger partial charge in [-0.2, -0.15) is 0 Å². The summed E-state index contributed by atoms with van der Waals surface area (Å²) in [6, 6.07) is 0.550. The van der Waals surface area contributed by atoms with E-state index in [1.807, 2.05) is 12.7 Å². The predicted octanol–water partition coefficient (Wildman–Crippen LogP) is 6.75. The average Bonchev–Trinajstić information content (AvgIpc) is 3.07. The third-order valence-corrected chi connectivity index (χ3v) is 11.1. The van der Waals surface area contributed by atoms with E-state index in [-0.39, 0.29) is 0 Å². The van der Waals surface area contributed by atoms with Crippen LogP contribution in [0.5, 0.6) is 0 Å². The molecule has 0 aromatic carbocycles. The second-order valence-corrected chi connectivity index (χ2v) is 12.2. The largest absolute Gasteiger partial charge is 0.380 e. The van der Waals surface area contributed by atoms with Crippen molar-refractivity contribution in [3.05, 3.63) is 11.1 Å². The fraction of sp³-hybridized carbons (Fsp3) is 0.929. The summed E-state index contributed by atoms with van der Waals surface area (Å²) in [5, 5.41) is 3.84. The number of ether oxygens (including phenoxy) is 1. The normalized spacial score (nSPS) is 47.8. The van der Waals surface area contributed by atoms with Gasteiger partial charge in [-0.05, 0) is 119 Å². The van der Waals surface area contributed by atoms with Crippen LogP contribution in [-0.4, -0.2) is 25.8 Å². The lowest BCUT2D eigenvalue weighted by Gasteiger charge is -2.52. The number of allylic oxidation sites excluding steroid dienone is 2. The maximum absolute atomic E-state index is 5.91. The van der Waals surface area contributed by atoms with Crippen molar-refractivity contribution in [2.24, 2.45) is 40.9 Å². The number of rotatable bonds is 3. The number of piperidine rings is 1. The Kier molecular flexibility index (Phi) is 6.12. The Morgan fingerprint density at radius 1 is 1.00 bits per heavy atom. The number of fused-ring (bicyclic) bond motifs is 5. The maximum Gasteiger partial charge on any atom is 0.0727 e. The minimum atomic E-state index is 0.412. The van der Waals surface area contributed by atoms with Gasteiger partial charge >= 0.3 is 0 Å². The average molecular weight is 414 g/mol. The second kappa shape index (κ2) is 8.54. The molecule has 0 spiro atoms. The first-order valence-corrected chi connectivity index (χ1v) is 13.5. The molecule has 1 saturated heterocycles. The molecule has 0 aromatic rings. The summed E-state index contributed by atoms with van der Waals surface area (Å²) in [5.41, 5.74) is 4.39. The Bertz CT molecular complexity index is 655. The first-order valence-electron chi connectivity index (χ1n) is 13.5. The van der Waals surface area contributed by atoms with Crippen LogP contribution >= 0.6 is 0 Å². The van der Waals surface area contributed by atoms with Gasteiger partial charge in [0.15, 0.2) is 0 Å². The van der Waals surface area contributed by atoms with E-state index in [9.17, 15) is 0 Å². The van der Waals surface area contributed by atoms with E-state index in [1.165, 1.54) is 83.6 Å².